The van der Waals surface area contributed by atoms with Gasteiger partial charge in [-0.2, -0.15) is 0 Å². The number of nitrogens with one attached hydrogen (secondary N) is 1. The molecule has 3 aromatic rings. The Kier molecular flexibility index (Phi) is 7.97. The van der Waals surface area contributed by atoms with E-state index >= 15 is 0 Å². The fourth-order valence-corrected chi connectivity index (χ4v) is 3.58. The first-order chi connectivity index (χ1) is 14.5. The van der Waals surface area contributed by atoms with Gasteiger partial charge in [-0.3, -0.25) is 0 Å². The molecule has 158 valence electrons. The molecular formula is C24H24Cl2FNO2. The molecule has 0 aliphatic rings. The Labute approximate surface area is 186 Å². The van der Waals surface area contributed by atoms with Crippen LogP contribution >= 0.6 is 23.2 Å². The molecule has 0 saturated carbocycles. The smallest absolute Gasteiger partial charge is 0.180 e. The highest BCUT2D eigenvalue weighted by Gasteiger charge is 2.16. The molecule has 0 heterocycles. The van der Waals surface area contributed by atoms with Crippen LogP contribution in [-0.2, 0) is 13.2 Å². The second-order valence-corrected chi connectivity index (χ2v) is 7.65. The van der Waals surface area contributed by atoms with Crippen LogP contribution in [0.1, 0.15) is 36.6 Å². The molecule has 1 atom stereocenters. The van der Waals surface area contributed by atoms with Crippen molar-refractivity contribution in [2.45, 2.75) is 33.0 Å². The zero-order valence-electron chi connectivity index (χ0n) is 16.9. The van der Waals surface area contributed by atoms with Crippen molar-refractivity contribution in [3.63, 3.8) is 0 Å². The maximum Gasteiger partial charge on any atom is 0.180 e. The van der Waals surface area contributed by atoms with E-state index in [1.807, 2.05) is 37.3 Å². The molecule has 3 nitrogen and oxygen atoms in total. The van der Waals surface area contributed by atoms with Crippen molar-refractivity contribution >= 4 is 23.2 Å². The van der Waals surface area contributed by atoms with Crippen molar-refractivity contribution in [3.8, 4) is 11.5 Å². The van der Waals surface area contributed by atoms with Crippen LogP contribution in [0.4, 0.5) is 4.39 Å². The largest absolute Gasteiger partial charge is 0.490 e. The molecule has 0 aromatic heterocycles. The van der Waals surface area contributed by atoms with E-state index in [1.165, 1.54) is 11.6 Å². The summed E-state index contributed by atoms with van der Waals surface area (Å²) in [5.41, 5.74) is 2.44. The van der Waals surface area contributed by atoms with Gasteiger partial charge in [-0.25, -0.2) is 4.39 Å². The van der Waals surface area contributed by atoms with Crippen molar-refractivity contribution in [1.82, 2.24) is 5.32 Å². The van der Waals surface area contributed by atoms with Crippen molar-refractivity contribution in [3.05, 3.63) is 93.2 Å². The van der Waals surface area contributed by atoms with Gasteiger partial charge >= 0.3 is 0 Å². The number of hydrogen-bond acceptors (Lipinski definition) is 3. The summed E-state index contributed by atoms with van der Waals surface area (Å²) >= 11 is 12.6. The Morgan fingerprint density at radius 2 is 1.73 bits per heavy atom. The number of hydrogen-bond donors (Lipinski definition) is 1. The van der Waals surface area contributed by atoms with Gasteiger partial charge in [-0.1, -0.05) is 59.6 Å². The summed E-state index contributed by atoms with van der Waals surface area (Å²) in [5.74, 6) is 0.464. The molecule has 0 aliphatic heterocycles. The maximum absolute atomic E-state index is 14.0. The van der Waals surface area contributed by atoms with Crippen molar-refractivity contribution < 1.29 is 13.9 Å². The summed E-state index contributed by atoms with van der Waals surface area (Å²) in [4.78, 5) is 0. The highest BCUT2D eigenvalue weighted by Crippen LogP contribution is 2.38. The lowest BCUT2D eigenvalue weighted by Gasteiger charge is -2.18. The maximum atomic E-state index is 14.0. The number of rotatable bonds is 9. The number of ether oxygens (including phenoxy) is 2. The zero-order chi connectivity index (χ0) is 21.5. The lowest BCUT2D eigenvalue weighted by Crippen LogP contribution is -2.18. The molecule has 0 amide bonds. The van der Waals surface area contributed by atoms with Crippen LogP contribution in [0.3, 0.4) is 0 Å². The summed E-state index contributed by atoms with van der Waals surface area (Å²) in [6, 6.07) is 18.6. The highest BCUT2D eigenvalue weighted by molar-refractivity contribution is 6.32. The van der Waals surface area contributed by atoms with Crippen molar-refractivity contribution in [2.75, 3.05) is 6.61 Å². The molecule has 0 spiro atoms. The van der Waals surface area contributed by atoms with E-state index in [9.17, 15) is 4.39 Å². The van der Waals surface area contributed by atoms with E-state index in [0.717, 1.165) is 5.56 Å². The monoisotopic (exact) mass is 447 g/mol. The zero-order valence-corrected chi connectivity index (χ0v) is 18.4. The molecule has 30 heavy (non-hydrogen) atoms. The highest BCUT2D eigenvalue weighted by atomic mass is 35.5. The fourth-order valence-electron chi connectivity index (χ4n) is 3.07. The molecular weight excluding hydrogens is 424 g/mol. The summed E-state index contributed by atoms with van der Waals surface area (Å²) in [5, 5.41) is 4.19. The Morgan fingerprint density at radius 1 is 0.967 bits per heavy atom. The first-order valence-corrected chi connectivity index (χ1v) is 10.5. The molecule has 1 unspecified atom stereocenters. The predicted octanol–water partition coefficient (Wildman–Crippen LogP) is 6.96. The van der Waals surface area contributed by atoms with Crippen molar-refractivity contribution in [2.24, 2.45) is 0 Å². The van der Waals surface area contributed by atoms with Crippen LogP contribution in [0.15, 0.2) is 60.7 Å². The fraction of sp³-hybridized carbons (Fsp3) is 0.250. The Balaban J connectivity index is 1.75. The third-order valence-electron chi connectivity index (χ3n) is 4.70. The van der Waals surface area contributed by atoms with Crippen LogP contribution in [0.5, 0.6) is 11.5 Å². The van der Waals surface area contributed by atoms with Crippen LogP contribution in [-0.4, -0.2) is 6.61 Å². The standard InChI is InChI=1S/C24H24Cl2FNO2/c1-3-29-23-13-17(14-28-16(2)18-8-5-4-6-9-18)12-21(26)24(23)30-15-19-20(25)10-7-11-22(19)27/h4-13,16,28H,3,14-15H2,1-2H3. The van der Waals surface area contributed by atoms with Gasteiger partial charge in [0.1, 0.15) is 12.4 Å². The van der Waals surface area contributed by atoms with Crippen molar-refractivity contribution in [1.29, 1.82) is 0 Å². The molecule has 3 rings (SSSR count). The lowest BCUT2D eigenvalue weighted by molar-refractivity contribution is 0.266. The van der Waals surface area contributed by atoms with Gasteiger partial charge in [0.2, 0.25) is 0 Å². The van der Waals surface area contributed by atoms with Crippen LogP contribution in [0.25, 0.3) is 0 Å². The summed E-state index contributed by atoms with van der Waals surface area (Å²) < 4.78 is 25.6. The van der Waals surface area contributed by atoms with E-state index in [4.69, 9.17) is 32.7 Å². The molecule has 0 radical (unpaired) electrons. The normalized spacial score (nSPS) is 11.9. The third kappa shape index (κ3) is 5.66. The molecule has 0 fully saturated rings. The Bertz CT molecular complexity index is 962. The molecule has 1 N–H and O–H groups in total. The van der Waals surface area contributed by atoms with Gasteiger partial charge in [0.15, 0.2) is 11.5 Å². The SMILES string of the molecule is CCOc1cc(CNC(C)c2ccccc2)cc(Cl)c1OCc1c(F)cccc1Cl. The first-order valence-electron chi connectivity index (χ1n) is 9.78. The van der Waals surface area contributed by atoms with E-state index < -0.39 is 5.82 Å². The van der Waals surface area contributed by atoms with Gasteiger partial charge in [0.05, 0.1) is 16.7 Å². The van der Waals surface area contributed by atoms with E-state index in [0.29, 0.717) is 34.7 Å². The van der Waals surface area contributed by atoms with Crippen LogP contribution in [0, 0.1) is 5.82 Å². The summed E-state index contributed by atoms with van der Waals surface area (Å²) in [6.45, 7) is 5.00. The first kappa shape index (κ1) is 22.4. The Morgan fingerprint density at radius 3 is 2.43 bits per heavy atom. The van der Waals surface area contributed by atoms with Crippen LogP contribution < -0.4 is 14.8 Å². The average molecular weight is 448 g/mol. The minimum Gasteiger partial charge on any atom is -0.490 e. The molecule has 3 aromatic carbocycles. The van der Waals surface area contributed by atoms with Crippen LogP contribution in [0.2, 0.25) is 10.0 Å². The van der Waals surface area contributed by atoms with E-state index in [2.05, 4.69) is 24.4 Å². The Hall–Kier alpha value is -2.27. The van der Waals surface area contributed by atoms with Gasteiger partial charge in [-0.15, -0.1) is 0 Å². The van der Waals surface area contributed by atoms with Gasteiger partial charge < -0.3 is 14.8 Å². The molecule has 6 heteroatoms. The predicted molar refractivity (Wildman–Crippen MR) is 120 cm³/mol. The minimum atomic E-state index is -0.424. The quantitative estimate of drug-likeness (QED) is 0.384. The summed E-state index contributed by atoms with van der Waals surface area (Å²) in [6.07, 6.45) is 0. The summed E-state index contributed by atoms with van der Waals surface area (Å²) in [7, 11) is 0. The van der Waals surface area contributed by atoms with E-state index in [-0.39, 0.29) is 18.2 Å². The van der Waals surface area contributed by atoms with Gasteiger partial charge in [-0.05, 0) is 49.2 Å². The topological polar surface area (TPSA) is 30.5 Å². The molecule has 0 saturated heterocycles. The second-order valence-electron chi connectivity index (χ2n) is 6.84. The number of benzene rings is 3. The lowest BCUT2D eigenvalue weighted by atomic mass is 10.1. The second kappa shape index (κ2) is 10.7. The van der Waals surface area contributed by atoms with Gasteiger partial charge in [0, 0.05) is 18.2 Å². The molecule has 0 bridgehead atoms. The number of halogens is 3. The average Bonchev–Trinajstić information content (AvgIpc) is 2.74. The minimum absolute atomic E-state index is 0.0477. The molecule has 0 aliphatic carbocycles. The third-order valence-corrected chi connectivity index (χ3v) is 5.34. The van der Waals surface area contributed by atoms with E-state index in [1.54, 1.807) is 12.1 Å². The van der Waals surface area contributed by atoms with Gasteiger partial charge in [0.25, 0.3) is 0 Å².